The highest BCUT2D eigenvalue weighted by Gasteiger charge is 2.19. The minimum Gasteiger partial charge on any atom is -0.329 e. The number of nitrogens with zero attached hydrogens (tertiary/aromatic N) is 1. The lowest BCUT2D eigenvalue weighted by molar-refractivity contribution is 0.212. The third-order valence-electron chi connectivity index (χ3n) is 3.18. The largest absolute Gasteiger partial charge is 0.329 e. The predicted molar refractivity (Wildman–Crippen MR) is 70.5 cm³/mol. The Morgan fingerprint density at radius 2 is 2.06 bits per heavy atom. The maximum atomic E-state index is 13.3. The fourth-order valence-corrected chi connectivity index (χ4v) is 2.26. The molecule has 1 aromatic rings. The van der Waals surface area contributed by atoms with Crippen molar-refractivity contribution in [1.82, 2.24) is 4.90 Å². The maximum Gasteiger partial charge on any atom is 0.123 e. The summed E-state index contributed by atoms with van der Waals surface area (Å²) in [5.74, 6) is -0.184. The molecule has 1 atom stereocenters. The quantitative estimate of drug-likeness (QED) is 0.825. The second kappa shape index (κ2) is 6.72. The summed E-state index contributed by atoms with van der Waals surface area (Å²) in [6.45, 7) is 8.73. The topological polar surface area (TPSA) is 29.3 Å². The van der Waals surface area contributed by atoms with Gasteiger partial charge >= 0.3 is 0 Å². The minimum atomic E-state index is -0.184. The second-order valence-electron chi connectivity index (χ2n) is 4.38. The molecular formula is C14H23FN2. The molecule has 0 aromatic heterocycles. The summed E-state index contributed by atoms with van der Waals surface area (Å²) >= 11 is 0. The highest BCUT2D eigenvalue weighted by Crippen LogP contribution is 2.24. The van der Waals surface area contributed by atoms with Crippen molar-refractivity contribution < 1.29 is 4.39 Å². The van der Waals surface area contributed by atoms with Crippen LogP contribution in [-0.2, 0) is 0 Å². The molecule has 17 heavy (non-hydrogen) atoms. The summed E-state index contributed by atoms with van der Waals surface area (Å²) in [7, 11) is 0. The minimum absolute atomic E-state index is 0.121. The number of hydrogen-bond acceptors (Lipinski definition) is 2. The molecular weight excluding hydrogens is 215 g/mol. The third kappa shape index (κ3) is 3.51. The monoisotopic (exact) mass is 238 g/mol. The molecule has 0 aliphatic carbocycles. The van der Waals surface area contributed by atoms with Crippen LogP contribution in [-0.4, -0.2) is 24.5 Å². The number of hydrogen-bond donors (Lipinski definition) is 1. The van der Waals surface area contributed by atoms with Gasteiger partial charge in [0.2, 0.25) is 0 Å². The second-order valence-corrected chi connectivity index (χ2v) is 4.38. The summed E-state index contributed by atoms with van der Waals surface area (Å²) in [5.41, 5.74) is 7.99. The van der Waals surface area contributed by atoms with Crippen LogP contribution in [0.5, 0.6) is 0 Å². The van der Waals surface area contributed by atoms with E-state index < -0.39 is 0 Å². The molecule has 1 aromatic carbocycles. The van der Waals surface area contributed by atoms with Gasteiger partial charge in [-0.3, -0.25) is 4.90 Å². The molecule has 1 rings (SSSR count). The molecule has 0 amide bonds. The average Bonchev–Trinajstić information content (AvgIpc) is 2.33. The van der Waals surface area contributed by atoms with E-state index >= 15 is 0 Å². The van der Waals surface area contributed by atoms with E-state index in [-0.39, 0.29) is 11.9 Å². The highest BCUT2D eigenvalue weighted by atomic mass is 19.1. The Balaban J connectivity index is 3.02. The Morgan fingerprint density at radius 1 is 1.35 bits per heavy atom. The van der Waals surface area contributed by atoms with E-state index in [1.807, 2.05) is 13.0 Å². The van der Waals surface area contributed by atoms with Crippen LogP contribution < -0.4 is 5.73 Å². The molecule has 1 unspecified atom stereocenters. The lowest BCUT2D eigenvalue weighted by atomic mass is 9.99. The van der Waals surface area contributed by atoms with Crippen LogP contribution in [0.1, 0.15) is 37.4 Å². The summed E-state index contributed by atoms with van der Waals surface area (Å²) in [4.78, 5) is 2.31. The number of rotatable bonds is 6. The molecule has 2 nitrogen and oxygen atoms in total. The third-order valence-corrected chi connectivity index (χ3v) is 3.18. The number of aryl methyl sites for hydroxylation is 1. The van der Waals surface area contributed by atoms with Gasteiger partial charge in [0.15, 0.2) is 0 Å². The molecule has 0 spiro atoms. The molecule has 0 aliphatic heterocycles. The number of benzene rings is 1. The Hall–Kier alpha value is -0.930. The van der Waals surface area contributed by atoms with E-state index in [1.54, 1.807) is 6.07 Å². The van der Waals surface area contributed by atoms with Gasteiger partial charge in [-0.25, -0.2) is 4.39 Å². The smallest absolute Gasteiger partial charge is 0.123 e. The van der Waals surface area contributed by atoms with Crippen molar-refractivity contribution in [1.29, 1.82) is 0 Å². The van der Waals surface area contributed by atoms with E-state index in [9.17, 15) is 4.39 Å². The molecule has 0 bridgehead atoms. The lowest BCUT2D eigenvalue weighted by Gasteiger charge is -2.30. The molecule has 96 valence electrons. The molecule has 0 saturated heterocycles. The molecule has 0 heterocycles. The Labute approximate surface area is 104 Å². The van der Waals surface area contributed by atoms with Crippen LogP contribution in [0.4, 0.5) is 4.39 Å². The summed E-state index contributed by atoms with van der Waals surface area (Å²) < 4.78 is 13.3. The van der Waals surface area contributed by atoms with Gasteiger partial charge in [-0.2, -0.15) is 0 Å². The van der Waals surface area contributed by atoms with E-state index in [0.29, 0.717) is 6.54 Å². The Kier molecular flexibility index (Phi) is 5.59. The first kappa shape index (κ1) is 14.1. The van der Waals surface area contributed by atoms with Crippen LogP contribution in [0, 0.1) is 12.7 Å². The maximum absolute atomic E-state index is 13.3. The summed E-state index contributed by atoms with van der Waals surface area (Å²) in [6, 6.07) is 5.07. The van der Waals surface area contributed by atoms with Crippen LogP contribution in [0.3, 0.4) is 0 Å². The van der Waals surface area contributed by atoms with Gasteiger partial charge in [0.25, 0.3) is 0 Å². The first-order valence-electron chi connectivity index (χ1n) is 6.34. The SMILES string of the molecule is CCCN(CC)C(CN)c1cc(F)ccc1C. The Bertz CT molecular complexity index is 352. The molecule has 0 aliphatic rings. The zero-order valence-corrected chi connectivity index (χ0v) is 11.0. The van der Waals surface area contributed by atoms with Crippen molar-refractivity contribution in [3.05, 3.63) is 35.1 Å². The van der Waals surface area contributed by atoms with Crippen molar-refractivity contribution in [2.24, 2.45) is 5.73 Å². The van der Waals surface area contributed by atoms with Crippen LogP contribution >= 0.6 is 0 Å². The zero-order chi connectivity index (χ0) is 12.8. The zero-order valence-electron chi connectivity index (χ0n) is 11.0. The van der Waals surface area contributed by atoms with Gasteiger partial charge in [-0.1, -0.05) is 19.9 Å². The molecule has 3 heteroatoms. The molecule has 0 saturated carbocycles. The highest BCUT2D eigenvalue weighted by molar-refractivity contribution is 5.30. The van der Waals surface area contributed by atoms with Gasteiger partial charge in [-0.05, 0) is 49.7 Å². The van der Waals surface area contributed by atoms with Crippen molar-refractivity contribution in [2.75, 3.05) is 19.6 Å². The van der Waals surface area contributed by atoms with E-state index in [1.165, 1.54) is 6.07 Å². The first-order valence-corrected chi connectivity index (χ1v) is 6.34. The normalized spacial score (nSPS) is 13.1. The van der Waals surface area contributed by atoms with Crippen molar-refractivity contribution in [2.45, 2.75) is 33.2 Å². The fraction of sp³-hybridized carbons (Fsp3) is 0.571. The van der Waals surface area contributed by atoms with E-state index in [4.69, 9.17) is 5.73 Å². The van der Waals surface area contributed by atoms with Crippen LogP contribution in [0.25, 0.3) is 0 Å². The number of likely N-dealkylation sites (N-methyl/N-ethyl adjacent to an activating group) is 1. The standard InChI is InChI=1S/C14H23FN2/c1-4-8-17(5-2)14(10-16)13-9-12(15)7-6-11(13)3/h6-7,9,14H,4-5,8,10,16H2,1-3H3. The van der Waals surface area contributed by atoms with E-state index in [2.05, 4.69) is 18.7 Å². The number of nitrogens with two attached hydrogens (primary N) is 1. The Morgan fingerprint density at radius 3 is 2.59 bits per heavy atom. The van der Waals surface area contributed by atoms with Gasteiger partial charge < -0.3 is 5.73 Å². The van der Waals surface area contributed by atoms with Crippen LogP contribution in [0.15, 0.2) is 18.2 Å². The predicted octanol–water partition coefficient (Wildman–Crippen LogP) is 2.87. The van der Waals surface area contributed by atoms with Gasteiger partial charge in [-0.15, -0.1) is 0 Å². The summed E-state index contributed by atoms with van der Waals surface area (Å²) in [6.07, 6.45) is 1.08. The van der Waals surface area contributed by atoms with Crippen molar-refractivity contribution in [3.63, 3.8) is 0 Å². The van der Waals surface area contributed by atoms with Crippen molar-refractivity contribution >= 4 is 0 Å². The first-order chi connectivity index (χ1) is 8.13. The molecule has 2 N–H and O–H groups in total. The number of halogens is 1. The fourth-order valence-electron chi connectivity index (χ4n) is 2.26. The molecule has 0 radical (unpaired) electrons. The van der Waals surface area contributed by atoms with Gasteiger partial charge in [0.1, 0.15) is 5.82 Å². The van der Waals surface area contributed by atoms with Gasteiger partial charge in [0.05, 0.1) is 0 Å². The lowest BCUT2D eigenvalue weighted by Crippen LogP contribution is -2.34. The van der Waals surface area contributed by atoms with Crippen molar-refractivity contribution in [3.8, 4) is 0 Å². The van der Waals surface area contributed by atoms with E-state index in [0.717, 1.165) is 30.6 Å². The summed E-state index contributed by atoms with van der Waals surface area (Å²) in [5, 5.41) is 0. The average molecular weight is 238 g/mol. The van der Waals surface area contributed by atoms with Gasteiger partial charge in [0, 0.05) is 12.6 Å². The molecule has 0 fully saturated rings. The van der Waals surface area contributed by atoms with Crippen LogP contribution in [0.2, 0.25) is 0 Å².